The molecule has 6 nitrogen and oxygen atoms in total. The molecule has 1 aliphatic rings. The monoisotopic (exact) mass is 387 g/mol. The van der Waals surface area contributed by atoms with Crippen molar-refractivity contribution in [3.8, 4) is 11.1 Å². The second-order valence-corrected chi connectivity index (χ2v) is 7.25. The lowest BCUT2D eigenvalue weighted by molar-refractivity contribution is 0.0761. The summed E-state index contributed by atoms with van der Waals surface area (Å²) in [6.45, 7) is 0.579. The van der Waals surface area contributed by atoms with Gasteiger partial charge < -0.3 is 10.6 Å². The van der Waals surface area contributed by atoms with Crippen LogP contribution in [0.15, 0.2) is 54.7 Å². The molecule has 144 valence electrons. The molecule has 0 atom stereocenters. The van der Waals surface area contributed by atoms with Crippen LogP contribution in [0.1, 0.15) is 21.6 Å². The summed E-state index contributed by atoms with van der Waals surface area (Å²) < 4.78 is 16.7. The van der Waals surface area contributed by atoms with Gasteiger partial charge in [0.15, 0.2) is 0 Å². The second-order valence-electron chi connectivity index (χ2n) is 7.25. The van der Waals surface area contributed by atoms with E-state index in [9.17, 15) is 9.18 Å². The molecule has 29 heavy (non-hydrogen) atoms. The van der Waals surface area contributed by atoms with Gasteiger partial charge in [0.2, 0.25) is 0 Å². The number of nitrogens with two attached hydrogens (primary N) is 1. The van der Waals surface area contributed by atoms with Gasteiger partial charge in [-0.3, -0.25) is 9.48 Å². The van der Waals surface area contributed by atoms with Crippen molar-refractivity contribution in [2.75, 3.05) is 5.73 Å². The first kappa shape index (κ1) is 17.4. The molecule has 0 radical (unpaired) electrons. The first-order chi connectivity index (χ1) is 14.0. The summed E-state index contributed by atoms with van der Waals surface area (Å²) in [4.78, 5) is 18.3. The van der Waals surface area contributed by atoms with Crippen LogP contribution in [0.25, 0.3) is 22.0 Å². The van der Waals surface area contributed by atoms with Crippen LogP contribution in [0.4, 0.5) is 10.2 Å². The molecule has 2 aromatic carbocycles. The number of aromatic nitrogens is 3. The van der Waals surface area contributed by atoms with Gasteiger partial charge in [0.1, 0.15) is 17.3 Å². The summed E-state index contributed by atoms with van der Waals surface area (Å²) in [5.74, 6) is -0.269. The highest BCUT2D eigenvalue weighted by Gasteiger charge is 2.29. The van der Waals surface area contributed by atoms with Crippen LogP contribution < -0.4 is 5.73 Å². The third-order valence-electron chi connectivity index (χ3n) is 5.24. The van der Waals surface area contributed by atoms with Crippen LogP contribution >= 0.6 is 0 Å². The molecule has 0 fully saturated rings. The SMILES string of the molecule is Cn1cc2c(-c3ccc(CN4Cc5ccc(N)nc5C4=O)c(F)c3)cccc2n1. The summed E-state index contributed by atoms with van der Waals surface area (Å²) in [6.07, 6.45) is 1.93. The van der Waals surface area contributed by atoms with Gasteiger partial charge in [-0.1, -0.05) is 30.3 Å². The zero-order valence-electron chi connectivity index (χ0n) is 15.8. The Bertz CT molecular complexity index is 1280. The number of nitrogens with zero attached hydrogens (tertiary/aromatic N) is 4. The minimum absolute atomic E-state index is 0.179. The van der Waals surface area contributed by atoms with Gasteiger partial charge in [-0.15, -0.1) is 0 Å². The fraction of sp³-hybridized carbons (Fsp3) is 0.136. The molecule has 3 heterocycles. The van der Waals surface area contributed by atoms with Gasteiger partial charge in [0.25, 0.3) is 5.91 Å². The molecule has 0 aliphatic carbocycles. The Balaban J connectivity index is 1.44. The number of amides is 1. The number of hydrogen-bond donors (Lipinski definition) is 1. The molecule has 2 N–H and O–H groups in total. The molecule has 7 heteroatoms. The maximum absolute atomic E-state index is 14.9. The number of rotatable bonds is 3. The molecule has 0 spiro atoms. The minimum atomic E-state index is -0.348. The maximum atomic E-state index is 14.9. The molecule has 0 saturated heterocycles. The average molecular weight is 387 g/mol. The lowest BCUT2D eigenvalue weighted by atomic mass is 10.00. The van der Waals surface area contributed by atoms with Gasteiger partial charge in [-0.05, 0) is 29.3 Å². The van der Waals surface area contributed by atoms with Crippen LogP contribution in [-0.2, 0) is 20.1 Å². The number of nitrogen functional groups attached to an aromatic ring is 1. The fourth-order valence-corrected chi connectivity index (χ4v) is 3.83. The Morgan fingerprint density at radius 1 is 1.17 bits per heavy atom. The number of halogens is 1. The van der Waals surface area contributed by atoms with Crippen molar-refractivity contribution in [1.29, 1.82) is 0 Å². The quantitative estimate of drug-likeness (QED) is 0.584. The topological polar surface area (TPSA) is 77.0 Å². The van der Waals surface area contributed by atoms with E-state index in [1.807, 2.05) is 37.5 Å². The van der Waals surface area contributed by atoms with E-state index in [1.165, 1.54) is 6.07 Å². The van der Waals surface area contributed by atoms with Crippen molar-refractivity contribution in [3.05, 3.63) is 77.4 Å². The number of pyridine rings is 1. The molecule has 0 unspecified atom stereocenters. The first-order valence-corrected chi connectivity index (χ1v) is 9.25. The summed E-state index contributed by atoms with van der Waals surface area (Å²) in [5.41, 5.74) is 9.86. The Morgan fingerprint density at radius 3 is 2.86 bits per heavy atom. The number of carbonyl (C=O) groups is 1. The van der Waals surface area contributed by atoms with E-state index in [2.05, 4.69) is 10.1 Å². The number of benzene rings is 2. The Morgan fingerprint density at radius 2 is 2.03 bits per heavy atom. The standard InChI is InChI=1S/C22H18FN5O/c1-27-12-17-16(3-2-4-19(17)26-27)13-5-6-14(18(23)9-13)10-28-11-15-7-8-20(24)25-21(15)22(28)29/h2-9,12H,10-11H2,1H3,(H2,24,25). The summed E-state index contributed by atoms with van der Waals surface area (Å²) in [7, 11) is 1.86. The van der Waals surface area contributed by atoms with E-state index < -0.39 is 0 Å². The van der Waals surface area contributed by atoms with Crippen LogP contribution in [-0.4, -0.2) is 25.6 Å². The molecule has 5 rings (SSSR count). The molecule has 1 amide bonds. The molecular formula is C22H18FN5O. The van der Waals surface area contributed by atoms with E-state index in [1.54, 1.807) is 27.8 Å². The van der Waals surface area contributed by atoms with E-state index in [0.29, 0.717) is 23.6 Å². The number of aryl methyl sites for hydroxylation is 1. The lowest BCUT2D eigenvalue weighted by Crippen LogP contribution is -2.24. The second kappa shape index (κ2) is 6.41. The van der Waals surface area contributed by atoms with Crippen LogP contribution in [0.5, 0.6) is 0 Å². The van der Waals surface area contributed by atoms with Crippen molar-refractivity contribution >= 4 is 22.6 Å². The van der Waals surface area contributed by atoms with Gasteiger partial charge in [0.05, 0.1) is 5.52 Å². The van der Waals surface area contributed by atoms with Gasteiger partial charge in [-0.25, -0.2) is 9.37 Å². The Kier molecular flexibility index (Phi) is 3.84. The zero-order chi connectivity index (χ0) is 20.1. The average Bonchev–Trinajstić information content (AvgIpc) is 3.22. The van der Waals surface area contributed by atoms with Crippen molar-refractivity contribution in [3.63, 3.8) is 0 Å². The Labute approximate surface area is 166 Å². The lowest BCUT2D eigenvalue weighted by Gasteiger charge is -2.16. The molecule has 0 saturated carbocycles. The highest BCUT2D eigenvalue weighted by Crippen LogP contribution is 2.30. The van der Waals surface area contributed by atoms with Crippen molar-refractivity contribution in [1.82, 2.24) is 19.7 Å². The van der Waals surface area contributed by atoms with E-state index in [0.717, 1.165) is 27.6 Å². The van der Waals surface area contributed by atoms with Gasteiger partial charge in [-0.2, -0.15) is 5.10 Å². The van der Waals surface area contributed by atoms with E-state index in [-0.39, 0.29) is 18.3 Å². The molecule has 4 aromatic rings. The predicted octanol–water partition coefficient (Wildman–Crippen LogP) is 3.51. The maximum Gasteiger partial charge on any atom is 0.273 e. The highest BCUT2D eigenvalue weighted by atomic mass is 19.1. The van der Waals surface area contributed by atoms with Crippen LogP contribution in [0.2, 0.25) is 0 Å². The zero-order valence-corrected chi connectivity index (χ0v) is 15.8. The molecule has 1 aliphatic heterocycles. The number of anilines is 1. The van der Waals surface area contributed by atoms with Gasteiger partial charge >= 0.3 is 0 Å². The minimum Gasteiger partial charge on any atom is -0.384 e. The molecule has 0 bridgehead atoms. The smallest absolute Gasteiger partial charge is 0.273 e. The summed E-state index contributed by atoms with van der Waals surface area (Å²) in [5, 5.41) is 5.37. The third kappa shape index (κ3) is 2.91. The first-order valence-electron chi connectivity index (χ1n) is 9.25. The van der Waals surface area contributed by atoms with Gasteiger partial charge in [0, 0.05) is 42.8 Å². The predicted molar refractivity (Wildman–Crippen MR) is 108 cm³/mol. The van der Waals surface area contributed by atoms with E-state index in [4.69, 9.17) is 5.73 Å². The van der Waals surface area contributed by atoms with Crippen LogP contribution in [0.3, 0.4) is 0 Å². The highest BCUT2D eigenvalue weighted by molar-refractivity contribution is 5.97. The van der Waals surface area contributed by atoms with Crippen molar-refractivity contribution < 1.29 is 9.18 Å². The fourth-order valence-electron chi connectivity index (χ4n) is 3.83. The summed E-state index contributed by atoms with van der Waals surface area (Å²) >= 11 is 0. The number of carbonyl (C=O) groups excluding carboxylic acids is 1. The molecular weight excluding hydrogens is 369 g/mol. The molecule has 2 aromatic heterocycles. The normalized spacial score (nSPS) is 13.3. The number of hydrogen-bond acceptors (Lipinski definition) is 4. The van der Waals surface area contributed by atoms with Crippen molar-refractivity contribution in [2.45, 2.75) is 13.1 Å². The van der Waals surface area contributed by atoms with E-state index >= 15 is 0 Å². The Hall–Kier alpha value is -3.74. The van der Waals surface area contributed by atoms with Crippen LogP contribution in [0, 0.1) is 5.82 Å². The van der Waals surface area contributed by atoms with Crippen molar-refractivity contribution in [2.24, 2.45) is 7.05 Å². The number of fused-ring (bicyclic) bond motifs is 2. The largest absolute Gasteiger partial charge is 0.384 e. The summed E-state index contributed by atoms with van der Waals surface area (Å²) in [6, 6.07) is 14.4. The third-order valence-corrected chi connectivity index (χ3v) is 5.24.